The maximum absolute atomic E-state index is 8.99. The molecule has 1 fully saturated rings. The van der Waals surface area contributed by atoms with Crippen LogP contribution in [0.2, 0.25) is 0 Å². The summed E-state index contributed by atoms with van der Waals surface area (Å²) in [4.78, 5) is 0. The lowest BCUT2D eigenvalue weighted by Crippen LogP contribution is -2.21. The number of aliphatic hydroxyl groups is 1. The van der Waals surface area contributed by atoms with Gasteiger partial charge in [-0.3, -0.25) is 0 Å². The molecule has 0 heterocycles. The molecule has 1 saturated carbocycles. The predicted molar refractivity (Wildman–Crippen MR) is 44.1 cm³/mol. The highest BCUT2D eigenvalue weighted by Gasteiger charge is 2.20. The summed E-state index contributed by atoms with van der Waals surface area (Å²) in [6, 6.07) is 0.574. The van der Waals surface area contributed by atoms with E-state index in [-0.39, 0.29) is 6.10 Å². The highest BCUT2D eigenvalue weighted by molar-refractivity contribution is 4.78. The first-order valence-corrected chi connectivity index (χ1v) is 4.18. The highest BCUT2D eigenvalue weighted by atomic mass is 16.3. The van der Waals surface area contributed by atoms with Crippen LogP contribution in [0.15, 0.2) is 0 Å². The molecule has 0 bridgehead atoms. The molecule has 1 aliphatic carbocycles. The molecule has 2 N–H and O–H groups in total. The third kappa shape index (κ3) is 3.18. The van der Waals surface area contributed by atoms with E-state index in [1.54, 1.807) is 0 Å². The van der Waals surface area contributed by atoms with Crippen molar-refractivity contribution in [1.82, 2.24) is 5.32 Å². The zero-order chi connectivity index (χ0) is 7.98. The van der Waals surface area contributed by atoms with Gasteiger partial charge in [-0.25, -0.2) is 0 Å². The molecule has 0 saturated heterocycles. The smallest absolute Gasteiger partial charge is 0.0555 e. The van der Waals surface area contributed by atoms with Crippen molar-refractivity contribution in [1.29, 1.82) is 0 Å². The zero-order valence-electron chi connectivity index (χ0n) is 7.22. The van der Waals surface area contributed by atoms with Gasteiger partial charge in [0.2, 0.25) is 0 Å². The Morgan fingerprint density at radius 3 is 2.10 bits per heavy atom. The second-order valence-electron chi connectivity index (χ2n) is 2.45. The zero-order valence-corrected chi connectivity index (χ0v) is 7.22. The van der Waals surface area contributed by atoms with Gasteiger partial charge in [-0.1, -0.05) is 13.8 Å². The average Bonchev–Trinajstić information content (AvgIpc) is 2.40. The molecule has 0 aromatic heterocycles. The molecule has 0 radical (unpaired) electrons. The lowest BCUT2D eigenvalue weighted by molar-refractivity contribution is 0.180. The summed E-state index contributed by atoms with van der Waals surface area (Å²) in [6.45, 7) is 4.00. The SMILES string of the molecule is CC.CNC1CCC(O)C1. The van der Waals surface area contributed by atoms with Gasteiger partial charge in [-0.05, 0) is 26.3 Å². The van der Waals surface area contributed by atoms with E-state index < -0.39 is 0 Å². The fraction of sp³-hybridized carbons (Fsp3) is 1.00. The quantitative estimate of drug-likeness (QED) is 0.580. The molecule has 0 aromatic rings. The van der Waals surface area contributed by atoms with E-state index in [1.165, 1.54) is 0 Å². The minimum Gasteiger partial charge on any atom is -0.393 e. The molecule has 2 heteroatoms. The summed E-state index contributed by atoms with van der Waals surface area (Å²) in [6.07, 6.45) is 3.02. The Morgan fingerprint density at radius 2 is 1.90 bits per heavy atom. The first-order valence-electron chi connectivity index (χ1n) is 4.18. The maximum Gasteiger partial charge on any atom is 0.0555 e. The van der Waals surface area contributed by atoms with Crippen LogP contribution in [0.1, 0.15) is 33.1 Å². The molecular weight excluding hydrogens is 126 g/mol. The fourth-order valence-electron chi connectivity index (χ4n) is 1.22. The van der Waals surface area contributed by atoms with Crippen molar-refractivity contribution in [2.24, 2.45) is 0 Å². The van der Waals surface area contributed by atoms with Crippen molar-refractivity contribution in [3.63, 3.8) is 0 Å². The first-order chi connectivity index (χ1) is 4.83. The first kappa shape index (κ1) is 9.92. The van der Waals surface area contributed by atoms with Gasteiger partial charge in [-0.2, -0.15) is 0 Å². The number of rotatable bonds is 1. The fourth-order valence-corrected chi connectivity index (χ4v) is 1.22. The molecule has 10 heavy (non-hydrogen) atoms. The topological polar surface area (TPSA) is 32.3 Å². The molecule has 0 amide bonds. The summed E-state index contributed by atoms with van der Waals surface area (Å²) in [5.74, 6) is 0. The van der Waals surface area contributed by atoms with E-state index in [4.69, 9.17) is 5.11 Å². The summed E-state index contributed by atoms with van der Waals surface area (Å²) in [5.41, 5.74) is 0. The van der Waals surface area contributed by atoms with Crippen molar-refractivity contribution in [3.05, 3.63) is 0 Å². The Labute approximate surface area is 63.6 Å². The molecule has 0 aliphatic heterocycles. The summed E-state index contributed by atoms with van der Waals surface area (Å²) >= 11 is 0. The molecule has 2 atom stereocenters. The molecule has 62 valence electrons. The van der Waals surface area contributed by atoms with Gasteiger partial charge in [0.05, 0.1) is 6.10 Å². The van der Waals surface area contributed by atoms with Gasteiger partial charge in [0.15, 0.2) is 0 Å². The van der Waals surface area contributed by atoms with Gasteiger partial charge in [0.1, 0.15) is 0 Å². The van der Waals surface area contributed by atoms with E-state index in [0.717, 1.165) is 19.3 Å². The van der Waals surface area contributed by atoms with Crippen LogP contribution in [0.25, 0.3) is 0 Å². The van der Waals surface area contributed by atoms with Crippen LogP contribution in [-0.4, -0.2) is 24.3 Å². The standard InChI is InChI=1S/C6H13NO.C2H6/c1-7-5-2-3-6(8)4-5;1-2/h5-8H,2-4H2,1H3;1-2H3. The van der Waals surface area contributed by atoms with Crippen LogP contribution in [-0.2, 0) is 0 Å². The minimum absolute atomic E-state index is 0.0348. The van der Waals surface area contributed by atoms with Crippen molar-refractivity contribution < 1.29 is 5.11 Å². The van der Waals surface area contributed by atoms with Gasteiger partial charge < -0.3 is 10.4 Å². The molecule has 1 rings (SSSR count). The Kier molecular flexibility index (Phi) is 5.64. The predicted octanol–water partition coefficient (Wildman–Crippen LogP) is 1.15. The van der Waals surface area contributed by atoms with E-state index in [1.807, 2.05) is 20.9 Å². The largest absolute Gasteiger partial charge is 0.393 e. The highest BCUT2D eigenvalue weighted by Crippen LogP contribution is 2.17. The summed E-state index contributed by atoms with van der Waals surface area (Å²) in [5, 5.41) is 12.1. The second kappa shape index (κ2) is 5.69. The normalized spacial score (nSPS) is 31.2. The number of aliphatic hydroxyl groups excluding tert-OH is 1. The summed E-state index contributed by atoms with van der Waals surface area (Å²) < 4.78 is 0. The van der Waals surface area contributed by atoms with Crippen LogP contribution in [0.5, 0.6) is 0 Å². The summed E-state index contributed by atoms with van der Waals surface area (Å²) in [7, 11) is 1.95. The minimum atomic E-state index is -0.0348. The second-order valence-corrected chi connectivity index (χ2v) is 2.45. The Bertz CT molecular complexity index is 75.7. The van der Waals surface area contributed by atoms with E-state index in [2.05, 4.69) is 5.32 Å². The Balaban J connectivity index is 0.000000371. The third-order valence-electron chi connectivity index (χ3n) is 1.81. The molecular formula is C8H19NO. The Morgan fingerprint density at radius 1 is 1.30 bits per heavy atom. The molecule has 2 unspecified atom stereocenters. The van der Waals surface area contributed by atoms with E-state index >= 15 is 0 Å². The van der Waals surface area contributed by atoms with Gasteiger partial charge in [-0.15, -0.1) is 0 Å². The molecule has 1 aliphatic rings. The maximum atomic E-state index is 8.99. The monoisotopic (exact) mass is 145 g/mol. The Hall–Kier alpha value is -0.0800. The van der Waals surface area contributed by atoms with E-state index in [9.17, 15) is 0 Å². The van der Waals surface area contributed by atoms with Crippen LogP contribution < -0.4 is 5.32 Å². The molecule has 0 spiro atoms. The van der Waals surface area contributed by atoms with Crippen LogP contribution >= 0.6 is 0 Å². The van der Waals surface area contributed by atoms with Gasteiger partial charge in [0, 0.05) is 6.04 Å². The van der Waals surface area contributed by atoms with Crippen LogP contribution in [0.4, 0.5) is 0 Å². The number of hydrogen-bond donors (Lipinski definition) is 2. The van der Waals surface area contributed by atoms with Crippen LogP contribution in [0.3, 0.4) is 0 Å². The van der Waals surface area contributed by atoms with Crippen molar-refractivity contribution >= 4 is 0 Å². The van der Waals surface area contributed by atoms with Gasteiger partial charge >= 0.3 is 0 Å². The average molecular weight is 145 g/mol. The number of hydrogen-bond acceptors (Lipinski definition) is 2. The number of nitrogens with one attached hydrogen (secondary N) is 1. The molecule has 2 nitrogen and oxygen atoms in total. The van der Waals surface area contributed by atoms with Crippen molar-refractivity contribution in [2.75, 3.05) is 7.05 Å². The lowest BCUT2D eigenvalue weighted by atomic mass is 10.2. The third-order valence-corrected chi connectivity index (χ3v) is 1.81. The lowest BCUT2D eigenvalue weighted by Gasteiger charge is -2.04. The van der Waals surface area contributed by atoms with Crippen molar-refractivity contribution in [2.45, 2.75) is 45.3 Å². The van der Waals surface area contributed by atoms with Crippen molar-refractivity contribution in [3.8, 4) is 0 Å². The molecule has 0 aromatic carbocycles. The van der Waals surface area contributed by atoms with E-state index in [0.29, 0.717) is 6.04 Å². The van der Waals surface area contributed by atoms with Gasteiger partial charge in [0.25, 0.3) is 0 Å². The van der Waals surface area contributed by atoms with Crippen LogP contribution in [0, 0.1) is 0 Å².